The molecule has 0 bridgehead atoms. The van der Waals surface area contributed by atoms with Crippen molar-refractivity contribution in [3.05, 3.63) is 66.2 Å². The molecule has 0 saturated heterocycles. The number of carbonyl (C=O) groups is 1. The lowest BCUT2D eigenvalue weighted by Gasteiger charge is -2.09. The molecule has 0 atom stereocenters. The van der Waals surface area contributed by atoms with Gasteiger partial charge in [-0.25, -0.2) is 4.39 Å². The standard InChI is InChI=1S/C20H15FN4O2S/c1-12-10-17(25-27-12)22-18(26)11-28-20-16-5-3-2-4-15(16)19(23-24-20)13-6-8-14(21)9-7-13/h2-10H,11H2,1H3,(H,22,25,26). The van der Waals surface area contributed by atoms with E-state index in [0.717, 1.165) is 16.3 Å². The molecular weight excluding hydrogens is 379 g/mol. The van der Waals surface area contributed by atoms with Crippen LogP contribution in [0.3, 0.4) is 0 Å². The minimum Gasteiger partial charge on any atom is -0.360 e. The zero-order valence-corrected chi connectivity index (χ0v) is 15.7. The van der Waals surface area contributed by atoms with E-state index in [-0.39, 0.29) is 17.5 Å². The number of hydrogen-bond donors (Lipinski definition) is 1. The largest absolute Gasteiger partial charge is 0.360 e. The molecule has 1 N–H and O–H groups in total. The third-order valence-corrected chi connectivity index (χ3v) is 4.99. The normalized spacial score (nSPS) is 10.9. The molecule has 2 aromatic heterocycles. The fourth-order valence-corrected chi connectivity index (χ4v) is 3.52. The molecule has 2 heterocycles. The Morgan fingerprint density at radius 2 is 1.86 bits per heavy atom. The number of anilines is 1. The second kappa shape index (κ2) is 7.77. The molecule has 2 aromatic carbocycles. The van der Waals surface area contributed by atoms with Crippen LogP contribution in [0.15, 0.2) is 64.1 Å². The van der Waals surface area contributed by atoms with Gasteiger partial charge < -0.3 is 9.84 Å². The van der Waals surface area contributed by atoms with Crippen LogP contribution < -0.4 is 5.32 Å². The first-order chi connectivity index (χ1) is 13.6. The fourth-order valence-electron chi connectivity index (χ4n) is 2.75. The molecule has 140 valence electrons. The number of hydrogen-bond acceptors (Lipinski definition) is 6. The summed E-state index contributed by atoms with van der Waals surface area (Å²) in [4.78, 5) is 12.2. The Kier molecular flexibility index (Phi) is 5.03. The van der Waals surface area contributed by atoms with E-state index in [9.17, 15) is 9.18 Å². The Labute approximate surface area is 164 Å². The molecule has 0 fully saturated rings. The molecule has 0 aliphatic rings. The number of halogens is 1. The summed E-state index contributed by atoms with van der Waals surface area (Å²) in [5, 5.41) is 17.4. The first kappa shape index (κ1) is 18.1. The minimum atomic E-state index is -0.304. The number of fused-ring (bicyclic) bond motifs is 1. The molecule has 0 radical (unpaired) electrons. The number of aryl methyl sites for hydroxylation is 1. The van der Waals surface area contributed by atoms with Gasteiger partial charge in [-0.15, -0.1) is 10.2 Å². The molecular formula is C20H15FN4O2S. The summed E-state index contributed by atoms with van der Waals surface area (Å²) in [5.74, 6) is 0.635. The minimum absolute atomic E-state index is 0.153. The first-order valence-corrected chi connectivity index (χ1v) is 9.46. The maximum absolute atomic E-state index is 13.2. The smallest absolute Gasteiger partial charge is 0.236 e. The van der Waals surface area contributed by atoms with Crippen LogP contribution >= 0.6 is 11.8 Å². The molecule has 0 spiro atoms. The Balaban J connectivity index is 1.57. The van der Waals surface area contributed by atoms with E-state index in [1.807, 2.05) is 24.3 Å². The highest BCUT2D eigenvalue weighted by atomic mass is 32.2. The summed E-state index contributed by atoms with van der Waals surface area (Å²) in [6.07, 6.45) is 0. The van der Waals surface area contributed by atoms with Gasteiger partial charge in [0.25, 0.3) is 0 Å². The van der Waals surface area contributed by atoms with Crippen molar-refractivity contribution in [1.82, 2.24) is 15.4 Å². The van der Waals surface area contributed by atoms with E-state index in [1.165, 1.54) is 23.9 Å². The Bertz CT molecular complexity index is 1140. The van der Waals surface area contributed by atoms with E-state index < -0.39 is 0 Å². The topological polar surface area (TPSA) is 80.9 Å². The highest BCUT2D eigenvalue weighted by Crippen LogP contribution is 2.31. The fraction of sp³-hybridized carbons (Fsp3) is 0.100. The molecule has 1 amide bonds. The van der Waals surface area contributed by atoms with E-state index in [2.05, 4.69) is 20.7 Å². The number of aromatic nitrogens is 3. The summed E-state index contributed by atoms with van der Waals surface area (Å²) >= 11 is 1.29. The highest BCUT2D eigenvalue weighted by molar-refractivity contribution is 8.00. The van der Waals surface area contributed by atoms with Crippen molar-refractivity contribution in [2.45, 2.75) is 11.9 Å². The van der Waals surface area contributed by atoms with Crippen LogP contribution in [0.25, 0.3) is 22.0 Å². The molecule has 6 nitrogen and oxygen atoms in total. The van der Waals surface area contributed by atoms with Crippen LogP contribution in [0.2, 0.25) is 0 Å². The van der Waals surface area contributed by atoms with E-state index in [0.29, 0.717) is 22.3 Å². The molecule has 8 heteroatoms. The monoisotopic (exact) mass is 394 g/mol. The number of nitrogens with one attached hydrogen (secondary N) is 1. The Hall–Kier alpha value is -3.26. The van der Waals surface area contributed by atoms with Crippen LogP contribution in [0.4, 0.5) is 10.2 Å². The predicted molar refractivity (Wildman–Crippen MR) is 106 cm³/mol. The quantitative estimate of drug-likeness (QED) is 0.503. The zero-order valence-electron chi connectivity index (χ0n) is 14.8. The maximum atomic E-state index is 13.2. The molecule has 0 saturated carbocycles. The van der Waals surface area contributed by atoms with Gasteiger partial charge in [-0.05, 0) is 31.2 Å². The van der Waals surface area contributed by atoms with Crippen LogP contribution in [0.5, 0.6) is 0 Å². The van der Waals surface area contributed by atoms with Crippen LogP contribution in [0, 0.1) is 12.7 Å². The lowest BCUT2D eigenvalue weighted by atomic mass is 10.1. The Morgan fingerprint density at radius 3 is 2.57 bits per heavy atom. The van der Waals surface area contributed by atoms with Gasteiger partial charge in [0, 0.05) is 22.4 Å². The number of thioether (sulfide) groups is 1. The summed E-state index contributed by atoms with van der Waals surface area (Å²) < 4.78 is 18.2. The van der Waals surface area contributed by atoms with Crippen LogP contribution in [0.1, 0.15) is 5.76 Å². The van der Waals surface area contributed by atoms with Gasteiger partial charge >= 0.3 is 0 Å². The summed E-state index contributed by atoms with van der Waals surface area (Å²) in [7, 11) is 0. The Morgan fingerprint density at radius 1 is 1.11 bits per heavy atom. The molecule has 0 aliphatic heterocycles. The van der Waals surface area contributed by atoms with E-state index in [1.54, 1.807) is 25.1 Å². The number of benzene rings is 2. The molecule has 4 aromatic rings. The summed E-state index contributed by atoms with van der Waals surface area (Å²) in [6.45, 7) is 1.75. The number of amides is 1. The second-order valence-corrected chi connectivity index (χ2v) is 7.03. The molecule has 0 aliphatic carbocycles. The number of rotatable bonds is 5. The second-order valence-electron chi connectivity index (χ2n) is 6.07. The third-order valence-electron chi connectivity index (χ3n) is 4.01. The van der Waals surface area contributed by atoms with Gasteiger partial charge in [-0.3, -0.25) is 4.79 Å². The summed E-state index contributed by atoms with van der Waals surface area (Å²) in [6, 6.07) is 15.5. The SMILES string of the molecule is Cc1cc(NC(=O)CSc2nnc(-c3ccc(F)cc3)c3ccccc23)no1. The van der Waals surface area contributed by atoms with Crippen molar-refractivity contribution >= 4 is 34.3 Å². The van der Waals surface area contributed by atoms with Gasteiger partial charge in [0.05, 0.1) is 5.75 Å². The third kappa shape index (κ3) is 3.86. The summed E-state index contributed by atoms with van der Waals surface area (Å²) in [5.41, 5.74) is 1.45. The lowest BCUT2D eigenvalue weighted by molar-refractivity contribution is -0.113. The van der Waals surface area contributed by atoms with E-state index >= 15 is 0 Å². The van der Waals surface area contributed by atoms with Gasteiger partial charge in [0.2, 0.25) is 5.91 Å². The number of nitrogens with zero attached hydrogens (tertiary/aromatic N) is 3. The molecule has 4 rings (SSSR count). The van der Waals surface area contributed by atoms with Gasteiger partial charge in [0.15, 0.2) is 5.82 Å². The van der Waals surface area contributed by atoms with Crippen molar-refractivity contribution in [3.63, 3.8) is 0 Å². The first-order valence-electron chi connectivity index (χ1n) is 8.47. The van der Waals surface area contributed by atoms with Gasteiger partial charge in [-0.2, -0.15) is 0 Å². The van der Waals surface area contributed by atoms with Crippen LogP contribution in [-0.2, 0) is 4.79 Å². The molecule has 0 unspecified atom stereocenters. The van der Waals surface area contributed by atoms with Gasteiger partial charge in [0.1, 0.15) is 22.3 Å². The van der Waals surface area contributed by atoms with E-state index in [4.69, 9.17) is 4.52 Å². The van der Waals surface area contributed by atoms with Crippen molar-refractivity contribution in [2.24, 2.45) is 0 Å². The highest BCUT2D eigenvalue weighted by Gasteiger charge is 2.13. The van der Waals surface area contributed by atoms with Crippen LogP contribution in [-0.4, -0.2) is 27.0 Å². The molecule has 28 heavy (non-hydrogen) atoms. The van der Waals surface area contributed by atoms with Crippen molar-refractivity contribution in [1.29, 1.82) is 0 Å². The average molecular weight is 394 g/mol. The lowest BCUT2D eigenvalue weighted by Crippen LogP contribution is -2.14. The average Bonchev–Trinajstić information content (AvgIpc) is 3.11. The maximum Gasteiger partial charge on any atom is 0.236 e. The van der Waals surface area contributed by atoms with Crippen molar-refractivity contribution in [3.8, 4) is 11.3 Å². The van der Waals surface area contributed by atoms with Crippen molar-refractivity contribution in [2.75, 3.05) is 11.1 Å². The van der Waals surface area contributed by atoms with Crippen molar-refractivity contribution < 1.29 is 13.7 Å². The number of carbonyl (C=O) groups excluding carboxylic acids is 1. The zero-order chi connectivity index (χ0) is 19.5. The van der Waals surface area contributed by atoms with Gasteiger partial charge in [-0.1, -0.05) is 41.2 Å². The predicted octanol–water partition coefficient (Wildman–Crippen LogP) is 4.46.